The van der Waals surface area contributed by atoms with Gasteiger partial charge < -0.3 is 19.8 Å². The molecule has 3 rings (SSSR count). The summed E-state index contributed by atoms with van der Waals surface area (Å²) >= 11 is 6.32. The molecule has 1 amide bonds. The number of rotatable bonds is 5. The molecule has 150 valence electrons. The summed E-state index contributed by atoms with van der Waals surface area (Å²) in [5.74, 6) is 1.76. The van der Waals surface area contributed by atoms with Gasteiger partial charge in [-0.15, -0.1) is 0 Å². The normalized spacial score (nSPS) is 14.1. The van der Waals surface area contributed by atoms with Crippen molar-refractivity contribution in [3.8, 4) is 11.5 Å². The maximum Gasteiger partial charge on any atom is 1.00 e. The van der Waals surface area contributed by atoms with Gasteiger partial charge in [0.2, 0.25) is 0 Å². The van der Waals surface area contributed by atoms with E-state index in [4.69, 9.17) is 21.1 Å². The minimum atomic E-state index is -0.570. The Kier molecular flexibility index (Phi) is 9.25. The Morgan fingerprint density at radius 1 is 1.21 bits per heavy atom. The summed E-state index contributed by atoms with van der Waals surface area (Å²) in [6.07, 6.45) is 5.82. The van der Waals surface area contributed by atoms with E-state index < -0.39 is 11.7 Å². The summed E-state index contributed by atoms with van der Waals surface area (Å²) in [4.78, 5) is 16.2. The zero-order valence-electron chi connectivity index (χ0n) is 17.4. The second-order valence-electron chi connectivity index (χ2n) is 7.79. The average molecular weight is 442 g/mol. The first-order valence-electron chi connectivity index (χ1n) is 9.43. The maximum atomic E-state index is 11.9. The first-order valence-corrected chi connectivity index (χ1v) is 9.81. The van der Waals surface area contributed by atoms with Gasteiger partial charge in [0, 0.05) is 5.69 Å². The second kappa shape index (κ2) is 11.0. The van der Waals surface area contributed by atoms with Crippen LogP contribution in [0.3, 0.4) is 0 Å². The van der Waals surface area contributed by atoms with E-state index in [1.54, 1.807) is 51.2 Å². The minimum absolute atomic E-state index is 0. The van der Waals surface area contributed by atoms with E-state index in [9.17, 15) is 4.79 Å². The number of hydrogen-bond acceptors (Lipinski definition) is 4. The van der Waals surface area contributed by atoms with Crippen molar-refractivity contribution in [2.24, 2.45) is 0 Å². The third-order valence-electron chi connectivity index (χ3n) is 4.16. The molecule has 1 aliphatic carbocycles. The number of ether oxygens (including phenoxy) is 2. The fourth-order valence-corrected chi connectivity index (χ4v) is 3.18. The quantitative estimate of drug-likeness (QED) is 0.715. The van der Waals surface area contributed by atoms with E-state index in [1.165, 1.54) is 12.8 Å². The Bertz CT molecular complexity index is 836. The number of nitrogens with zero attached hydrogens (tertiary/aromatic N) is 2. The molecule has 0 bridgehead atoms. The predicted octanol–water partition coefficient (Wildman–Crippen LogP) is 3.83. The molecule has 0 aliphatic heterocycles. The Morgan fingerprint density at radius 2 is 1.93 bits per heavy atom. The van der Waals surface area contributed by atoms with Gasteiger partial charge in [-0.25, -0.2) is 4.79 Å². The summed E-state index contributed by atoms with van der Waals surface area (Å²) in [5, 5.41) is 7.70. The van der Waals surface area contributed by atoms with Crippen LogP contribution in [0.2, 0.25) is 5.02 Å². The number of amides is 1. The number of aromatic nitrogens is 1. The van der Waals surface area contributed by atoms with Gasteiger partial charge in [0.25, 0.3) is 0 Å². The topological polar surface area (TPSA) is 74.6 Å². The number of hydrogen-bond donors (Lipinski definition) is 1. The number of pyridine rings is 1. The van der Waals surface area contributed by atoms with Crippen molar-refractivity contribution in [1.82, 2.24) is 4.98 Å². The molecule has 0 atom stereocenters. The molecule has 8 heteroatoms. The molecule has 6 nitrogen and oxygen atoms in total. The third-order valence-corrected chi connectivity index (χ3v) is 4.46. The fourth-order valence-electron chi connectivity index (χ4n) is 2.96. The van der Waals surface area contributed by atoms with Crippen LogP contribution in [0.1, 0.15) is 46.5 Å². The van der Waals surface area contributed by atoms with Crippen molar-refractivity contribution in [2.75, 3.05) is 5.32 Å². The Morgan fingerprint density at radius 3 is 2.59 bits per heavy atom. The molecule has 1 saturated carbocycles. The van der Waals surface area contributed by atoms with Crippen LogP contribution < -0.4 is 61.4 Å². The molecule has 1 aliphatic rings. The largest absolute Gasteiger partial charge is 1.00 e. The van der Waals surface area contributed by atoms with Crippen molar-refractivity contribution in [3.63, 3.8) is 0 Å². The fraction of sp³-hybridized carbons (Fsp3) is 0.429. The van der Waals surface area contributed by atoms with Crippen molar-refractivity contribution in [1.29, 1.82) is 0 Å². The molecule has 0 unspecified atom stereocenters. The number of nitrogens with one attached hydrogen (secondary N) is 1. The molecule has 0 radical (unpaired) electrons. The van der Waals surface area contributed by atoms with Crippen LogP contribution in [0.15, 0.2) is 36.5 Å². The van der Waals surface area contributed by atoms with Crippen LogP contribution in [-0.4, -0.2) is 22.7 Å². The summed E-state index contributed by atoms with van der Waals surface area (Å²) in [6, 6.07) is 8.94. The third kappa shape index (κ3) is 8.07. The Balaban J connectivity index is 0.00000300. The Hall–Kier alpha value is -0.834. The van der Waals surface area contributed by atoms with Crippen LogP contribution in [0.4, 0.5) is 16.3 Å². The molecule has 29 heavy (non-hydrogen) atoms. The van der Waals surface area contributed by atoms with Crippen molar-refractivity contribution in [2.45, 2.75) is 58.1 Å². The summed E-state index contributed by atoms with van der Waals surface area (Å²) in [5.41, 5.74) is -0.0437. The van der Waals surface area contributed by atoms with E-state index in [2.05, 4.69) is 15.6 Å². The average Bonchev–Trinajstić information content (AvgIpc) is 3.09. The second-order valence-corrected chi connectivity index (χ2v) is 8.20. The number of anilines is 1. The van der Waals surface area contributed by atoms with E-state index in [0.717, 1.165) is 12.8 Å². The van der Waals surface area contributed by atoms with Crippen molar-refractivity contribution < 1.29 is 65.7 Å². The van der Waals surface area contributed by atoms with Crippen molar-refractivity contribution >= 4 is 29.2 Å². The van der Waals surface area contributed by atoms with Crippen LogP contribution in [0, 0.1) is 0 Å². The van der Waals surface area contributed by atoms with Gasteiger partial charge >= 0.3 is 57.5 Å². The van der Waals surface area contributed by atoms with E-state index in [0.29, 0.717) is 34.1 Å². The number of carbonyl (C=O) groups is 1. The smallest absolute Gasteiger partial charge is 0.462 e. The molecule has 0 spiro atoms. The molecule has 1 aromatic carbocycles. The molecule has 1 aromatic heterocycles. The van der Waals surface area contributed by atoms with Crippen LogP contribution >= 0.6 is 11.6 Å². The van der Waals surface area contributed by atoms with Crippen LogP contribution in [0.5, 0.6) is 11.5 Å². The zero-order chi connectivity index (χ0) is 20.1. The zero-order valence-corrected chi connectivity index (χ0v) is 21.2. The van der Waals surface area contributed by atoms with Gasteiger partial charge in [-0.1, -0.05) is 49.3 Å². The van der Waals surface area contributed by atoms with Gasteiger partial charge in [0.1, 0.15) is 17.1 Å². The van der Waals surface area contributed by atoms with Crippen LogP contribution in [0.25, 0.3) is 5.32 Å². The minimum Gasteiger partial charge on any atom is -0.462 e. The molecule has 1 N–H and O–H groups in total. The molecular weight excluding hydrogens is 417 g/mol. The standard InChI is InChI=1S/C21H26ClN3O3.K/c1-21(2,3)28-20(26)25-15-8-9-18(17(22)12-15)27-16-10-11-23-19(13-16)24-14-6-4-5-7-14;/h8-14H,4-7H2,1-3H3,(H2,23,24,25,26);/q;+1/p-1. The SMILES string of the molecule is CC(C)(C)OC(=O)Nc1ccc(Oc2ccnc([N-]C3CCCC3)c2)c(Cl)c1.[K+]. The first kappa shape index (κ1) is 24.4. The number of benzene rings is 1. The van der Waals surface area contributed by atoms with E-state index >= 15 is 0 Å². The molecule has 0 saturated heterocycles. The predicted molar refractivity (Wildman–Crippen MR) is 111 cm³/mol. The van der Waals surface area contributed by atoms with Gasteiger partial charge in [-0.05, 0) is 57.1 Å². The summed E-state index contributed by atoms with van der Waals surface area (Å²) in [7, 11) is 0. The van der Waals surface area contributed by atoms with Crippen molar-refractivity contribution in [3.05, 3.63) is 46.9 Å². The van der Waals surface area contributed by atoms with Crippen LogP contribution in [-0.2, 0) is 4.74 Å². The molecular formula is C21H25ClKN3O3. The number of carbonyl (C=O) groups excluding carboxylic acids is 1. The van der Waals surface area contributed by atoms with Gasteiger partial charge in [0.05, 0.1) is 5.02 Å². The van der Waals surface area contributed by atoms with E-state index in [1.807, 2.05) is 6.07 Å². The number of halogens is 1. The molecule has 1 fully saturated rings. The van der Waals surface area contributed by atoms with E-state index in [-0.39, 0.29) is 51.4 Å². The first-order chi connectivity index (χ1) is 13.3. The monoisotopic (exact) mass is 441 g/mol. The Labute approximate surface area is 219 Å². The maximum absolute atomic E-state index is 11.9. The summed E-state index contributed by atoms with van der Waals surface area (Å²) in [6.45, 7) is 5.41. The summed E-state index contributed by atoms with van der Waals surface area (Å²) < 4.78 is 11.1. The van der Waals surface area contributed by atoms with Gasteiger partial charge in [-0.2, -0.15) is 0 Å². The van der Waals surface area contributed by atoms with Gasteiger partial charge in [-0.3, -0.25) is 5.32 Å². The molecule has 1 heterocycles. The molecule has 2 aromatic rings. The van der Waals surface area contributed by atoms with Gasteiger partial charge in [0.15, 0.2) is 0 Å².